The molecule has 0 saturated heterocycles. The first kappa shape index (κ1) is 10.8. The number of hydrogen-bond acceptors (Lipinski definition) is 0. The van der Waals surface area contributed by atoms with Crippen molar-refractivity contribution in [1.82, 2.24) is 0 Å². The first-order valence-corrected chi connectivity index (χ1v) is 3.53. The molecule has 0 aliphatic rings. The van der Waals surface area contributed by atoms with E-state index in [1.807, 2.05) is 0 Å². The average molecular weight is 170 g/mol. The Morgan fingerprint density at radius 1 is 1.00 bits per heavy atom. The van der Waals surface area contributed by atoms with Crippen molar-refractivity contribution in [2.45, 2.75) is 13.8 Å². The second-order valence-electron chi connectivity index (χ2n) is 2.35. The van der Waals surface area contributed by atoms with Crippen LogP contribution in [0.15, 0.2) is 25.3 Å². The van der Waals surface area contributed by atoms with Crippen molar-refractivity contribution in [3.63, 3.8) is 0 Å². The number of rotatable bonds is 0. The van der Waals surface area contributed by atoms with Gasteiger partial charge >= 0.3 is 0 Å². The van der Waals surface area contributed by atoms with Crippen LogP contribution in [0.1, 0.15) is 11.1 Å². The first-order valence-electron chi connectivity index (χ1n) is 3.53. The fraction of sp³-hybridized carbons (Fsp3) is 0.200. The highest BCUT2D eigenvalue weighted by atomic mass is 19.1. The summed E-state index contributed by atoms with van der Waals surface area (Å²) in [7, 11) is 0. The topological polar surface area (TPSA) is 0 Å². The monoisotopic (exact) mass is 170 g/mol. The Hall–Kier alpha value is -1.18. The molecule has 2 heteroatoms. The molecule has 0 saturated carbocycles. The Bertz CT molecular complexity index is 244. The summed E-state index contributed by atoms with van der Waals surface area (Å²) in [5.74, 6) is -0.949. The third kappa shape index (κ3) is 2.46. The van der Waals surface area contributed by atoms with E-state index in [1.54, 1.807) is 6.92 Å². The van der Waals surface area contributed by atoms with Crippen LogP contribution in [0, 0.1) is 25.5 Å². The lowest BCUT2D eigenvalue weighted by Crippen LogP contribution is -1.88. The van der Waals surface area contributed by atoms with Crippen molar-refractivity contribution in [2.24, 2.45) is 0 Å². The molecule has 0 heterocycles. The standard InChI is InChI=1S/C8H8F2.C2H4/c1-5-3-7(9)6(2)8(10)4-5;1-2/h3-4H,1-2H3;1-2H2. The van der Waals surface area contributed by atoms with Gasteiger partial charge in [-0.15, -0.1) is 13.2 Å². The smallest absolute Gasteiger partial charge is 0.129 e. The molecule has 0 amide bonds. The summed E-state index contributed by atoms with van der Waals surface area (Å²) in [5, 5.41) is 0. The summed E-state index contributed by atoms with van der Waals surface area (Å²) < 4.78 is 25.2. The summed E-state index contributed by atoms with van der Waals surface area (Å²) in [5.41, 5.74) is 0.700. The minimum Gasteiger partial charge on any atom is -0.207 e. The molecule has 0 unspecified atom stereocenters. The molecule has 1 rings (SSSR count). The van der Waals surface area contributed by atoms with Gasteiger partial charge in [-0.1, -0.05) is 0 Å². The van der Waals surface area contributed by atoms with Crippen molar-refractivity contribution in [3.05, 3.63) is 48.1 Å². The zero-order valence-corrected chi connectivity index (χ0v) is 7.32. The van der Waals surface area contributed by atoms with E-state index in [9.17, 15) is 8.78 Å². The van der Waals surface area contributed by atoms with E-state index in [4.69, 9.17) is 0 Å². The SMILES string of the molecule is C=C.Cc1cc(F)c(C)c(F)c1. The Labute approximate surface area is 71.5 Å². The number of halogens is 2. The molecule has 0 aliphatic carbocycles. The van der Waals surface area contributed by atoms with Gasteiger partial charge in [0, 0.05) is 5.56 Å². The molecule has 0 N–H and O–H groups in total. The summed E-state index contributed by atoms with van der Waals surface area (Å²) in [4.78, 5) is 0. The number of hydrogen-bond donors (Lipinski definition) is 0. The van der Waals surface area contributed by atoms with E-state index in [-0.39, 0.29) is 5.56 Å². The van der Waals surface area contributed by atoms with Crippen molar-refractivity contribution >= 4 is 0 Å². The maximum Gasteiger partial charge on any atom is 0.129 e. The van der Waals surface area contributed by atoms with Crippen LogP contribution in [0.25, 0.3) is 0 Å². The lowest BCUT2D eigenvalue weighted by Gasteiger charge is -1.98. The summed E-state index contributed by atoms with van der Waals surface area (Å²) in [6, 6.07) is 2.64. The Morgan fingerprint density at radius 2 is 1.33 bits per heavy atom. The van der Waals surface area contributed by atoms with Gasteiger partial charge in [-0.05, 0) is 31.5 Å². The Balaban J connectivity index is 0.000000561. The van der Waals surface area contributed by atoms with Gasteiger partial charge < -0.3 is 0 Å². The normalized spacial score (nSPS) is 8.67. The van der Waals surface area contributed by atoms with E-state index >= 15 is 0 Å². The molecule has 0 atom stereocenters. The van der Waals surface area contributed by atoms with Crippen molar-refractivity contribution in [1.29, 1.82) is 0 Å². The van der Waals surface area contributed by atoms with Crippen LogP contribution >= 0.6 is 0 Å². The molecule has 0 bridgehead atoms. The summed E-state index contributed by atoms with van der Waals surface area (Å²) in [6.07, 6.45) is 0. The summed E-state index contributed by atoms with van der Waals surface area (Å²) in [6.45, 7) is 9.08. The third-order valence-corrected chi connectivity index (χ3v) is 1.43. The van der Waals surface area contributed by atoms with Gasteiger partial charge in [-0.3, -0.25) is 0 Å². The third-order valence-electron chi connectivity index (χ3n) is 1.43. The lowest BCUT2D eigenvalue weighted by atomic mass is 10.1. The molecule has 0 fully saturated rings. The quantitative estimate of drug-likeness (QED) is 0.523. The molecule has 1 aromatic rings. The lowest BCUT2D eigenvalue weighted by molar-refractivity contribution is 0.566. The predicted octanol–water partition coefficient (Wildman–Crippen LogP) is 3.38. The van der Waals surface area contributed by atoms with Gasteiger partial charge in [0.15, 0.2) is 0 Å². The molecule has 0 spiro atoms. The fourth-order valence-electron chi connectivity index (χ4n) is 0.772. The van der Waals surface area contributed by atoms with Crippen LogP contribution in [0.4, 0.5) is 8.78 Å². The van der Waals surface area contributed by atoms with E-state index in [0.29, 0.717) is 5.56 Å². The summed E-state index contributed by atoms with van der Waals surface area (Å²) >= 11 is 0. The molecular formula is C10H12F2. The molecule has 1 aromatic carbocycles. The van der Waals surface area contributed by atoms with Crippen molar-refractivity contribution in [2.75, 3.05) is 0 Å². The van der Waals surface area contributed by atoms with E-state index in [2.05, 4.69) is 13.2 Å². The highest BCUT2D eigenvalue weighted by Crippen LogP contribution is 2.12. The Morgan fingerprint density at radius 3 is 1.67 bits per heavy atom. The molecular weight excluding hydrogens is 158 g/mol. The molecule has 0 aliphatic heterocycles. The number of aryl methyl sites for hydroxylation is 1. The van der Waals surface area contributed by atoms with Gasteiger partial charge in [-0.25, -0.2) is 8.78 Å². The molecule has 12 heavy (non-hydrogen) atoms. The predicted molar refractivity (Wildman–Crippen MR) is 47.1 cm³/mol. The van der Waals surface area contributed by atoms with Crippen LogP contribution in [-0.4, -0.2) is 0 Å². The van der Waals surface area contributed by atoms with E-state index in [0.717, 1.165) is 0 Å². The van der Waals surface area contributed by atoms with Gasteiger partial charge in [0.05, 0.1) is 0 Å². The van der Waals surface area contributed by atoms with Crippen molar-refractivity contribution < 1.29 is 8.78 Å². The first-order chi connectivity index (χ1) is 5.61. The average Bonchev–Trinajstić information content (AvgIpc) is 2.04. The minimum atomic E-state index is -0.475. The van der Waals surface area contributed by atoms with Gasteiger partial charge in [0.2, 0.25) is 0 Å². The van der Waals surface area contributed by atoms with Crippen molar-refractivity contribution in [3.8, 4) is 0 Å². The molecule has 0 radical (unpaired) electrons. The maximum absolute atomic E-state index is 12.6. The molecule has 0 aromatic heterocycles. The highest BCUT2D eigenvalue weighted by molar-refractivity contribution is 5.23. The maximum atomic E-state index is 12.6. The fourth-order valence-corrected chi connectivity index (χ4v) is 0.772. The van der Waals surface area contributed by atoms with E-state index < -0.39 is 11.6 Å². The molecule has 66 valence electrons. The zero-order chi connectivity index (χ0) is 9.72. The van der Waals surface area contributed by atoms with Gasteiger partial charge in [-0.2, -0.15) is 0 Å². The van der Waals surface area contributed by atoms with Crippen LogP contribution in [-0.2, 0) is 0 Å². The zero-order valence-electron chi connectivity index (χ0n) is 7.32. The minimum absolute atomic E-state index is 0.0885. The highest BCUT2D eigenvalue weighted by Gasteiger charge is 2.02. The largest absolute Gasteiger partial charge is 0.207 e. The van der Waals surface area contributed by atoms with Crippen LogP contribution in [0.5, 0.6) is 0 Å². The molecule has 0 nitrogen and oxygen atoms in total. The second kappa shape index (κ2) is 4.65. The van der Waals surface area contributed by atoms with Crippen LogP contribution in [0.3, 0.4) is 0 Å². The van der Waals surface area contributed by atoms with E-state index in [1.165, 1.54) is 19.1 Å². The Kier molecular flexibility index (Phi) is 4.19. The van der Waals surface area contributed by atoms with Crippen LogP contribution < -0.4 is 0 Å². The van der Waals surface area contributed by atoms with Gasteiger partial charge in [0.1, 0.15) is 11.6 Å². The van der Waals surface area contributed by atoms with Crippen LogP contribution in [0.2, 0.25) is 0 Å². The van der Waals surface area contributed by atoms with Gasteiger partial charge in [0.25, 0.3) is 0 Å². The second-order valence-corrected chi connectivity index (χ2v) is 2.35. The number of benzene rings is 1.